The molecule has 2 aromatic rings. The van der Waals surface area contributed by atoms with E-state index in [0.717, 1.165) is 17.0 Å². The lowest BCUT2D eigenvalue weighted by molar-refractivity contribution is -0.116. The molecule has 0 saturated heterocycles. The third kappa shape index (κ3) is 3.28. The number of fused-ring (bicyclic) bond motifs is 2. The molecule has 0 spiro atoms. The predicted molar refractivity (Wildman–Crippen MR) is 92.1 cm³/mol. The Labute approximate surface area is 145 Å². The van der Waals surface area contributed by atoms with Crippen molar-refractivity contribution in [3.63, 3.8) is 0 Å². The van der Waals surface area contributed by atoms with Crippen LogP contribution in [-0.4, -0.2) is 31.1 Å². The van der Waals surface area contributed by atoms with Crippen molar-refractivity contribution in [1.82, 2.24) is 5.32 Å². The number of rotatable bonds is 3. The van der Waals surface area contributed by atoms with Gasteiger partial charge in [0.15, 0.2) is 11.5 Å². The van der Waals surface area contributed by atoms with Crippen LogP contribution in [0.2, 0.25) is 0 Å². The summed E-state index contributed by atoms with van der Waals surface area (Å²) in [6, 6.07) is 12.8. The summed E-state index contributed by atoms with van der Waals surface area (Å²) < 4.78 is 11.5. The Morgan fingerprint density at radius 2 is 2.00 bits per heavy atom. The van der Waals surface area contributed by atoms with Gasteiger partial charge < -0.3 is 20.1 Å². The first-order valence-corrected chi connectivity index (χ1v) is 8.28. The predicted octanol–water partition coefficient (Wildman–Crippen LogP) is 2.14. The molecule has 1 atom stereocenters. The molecule has 2 aliphatic rings. The number of ether oxygens (including phenoxy) is 2. The van der Waals surface area contributed by atoms with Gasteiger partial charge in [-0.2, -0.15) is 0 Å². The Kier molecular flexibility index (Phi) is 4.01. The molecule has 2 heterocycles. The molecule has 1 unspecified atom stereocenters. The molecular formula is C19H18N2O4. The average Bonchev–Trinajstić information content (AvgIpc) is 2.65. The number of nitrogens with one attached hydrogen (secondary N) is 2. The van der Waals surface area contributed by atoms with Crippen LogP contribution in [0.15, 0.2) is 42.5 Å². The van der Waals surface area contributed by atoms with Crippen molar-refractivity contribution in [1.29, 1.82) is 0 Å². The zero-order valence-corrected chi connectivity index (χ0v) is 13.6. The Morgan fingerprint density at radius 1 is 1.16 bits per heavy atom. The molecular weight excluding hydrogens is 320 g/mol. The van der Waals surface area contributed by atoms with Crippen molar-refractivity contribution < 1.29 is 19.1 Å². The third-order valence-corrected chi connectivity index (χ3v) is 4.32. The van der Waals surface area contributed by atoms with E-state index in [4.69, 9.17) is 9.47 Å². The van der Waals surface area contributed by atoms with Crippen molar-refractivity contribution in [2.24, 2.45) is 0 Å². The maximum absolute atomic E-state index is 12.4. The Hall–Kier alpha value is -3.02. The van der Waals surface area contributed by atoms with E-state index in [-0.39, 0.29) is 17.9 Å². The van der Waals surface area contributed by atoms with Crippen LogP contribution in [-0.2, 0) is 11.2 Å². The lowest BCUT2D eigenvalue weighted by Crippen LogP contribution is -2.40. The minimum Gasteiger partial charge on any atom is -0.486 e. The second-order valence-electron chi connectivity index (χ2n) is 6.13. The summed E-state index contributed by atoms with van der Waals surface area (Å²) in [5, 5.41) is 5.70. The zero-order valence-electron chi connectivity index (χ0n) is 13.6. The monoisotopic (exact) mass is 338 g/mol. The normalized spacial score (nSPS) is 18.1. The molecule has 0 fully saturated rings. The minimum absolute atomic E-state index is 0.0134. The van der Waals surface area contributed by atoms with Crippen LogP contribution in [0.25, 0.3) is 0 Å². The van der Waals surface area contributed by atoms with Gasteiger partial charge in [-0.15, -0.1) is 0 Å². The van der Waals surface area contributed by atoms with Gasteiger partial charge in [0.1, 0.15) is 12.7 Å². The molecule has 25 heavy (non-hydrogen) atoms. The van der Waals surface area contributed by atoms with Crippen LogP contribution in [0.3, 0.4) is 0 Å². The zero-order chi connectivity index (χ0) is 17.2. The molecule has 0 aromatic heterocycles. The molecule has 0 aliphatic carbocycles. The van der Waals surface area contributed by atoms with E-state index in [2.05, 4.69) is 10.6 Å². The molecule has 6 nitrogen and oxygen atoms in total. The number of para-hydroxylation sites is 2. The minimum atomic E-state index is -0.226. The molecule has 0 bridgehead atoms. The summed E-state index contributed by atoms with van der Waals surface area (Å²) in [5.41, 5.74) is 2.35. The second kappa shape index (κ2) is 6.47. The van der Waals surface area contributed by atoms with E-state index >= 15 is 0 Å². The second-order valence-corrected chi connectivity index (χ2v) is 6.13. The molecule has 128 valence electrons. The van der Waals surface area contributed by atoms with Crippen molar-refractivity contribution >= 4 is 17.5 Å². The third-order valence-electron chi connectivity index (χ3n) is 4.32. The number of hydrogen-bond acceptors (Lipinski definition) is 4. The van der Waals surface area contributed by atoms with Crippen molar-refractivity contribution in [2.75, 3.05) is 18.5 Å². The highest BCUT2D eigenvalue weighted by atomic mass is 16.6. The topological polar surface area (TPSA) is 76.7 Å². The molecule has 6 heteroatoms. The van der Waals surface area contributed by atoms with Gasteiger partial charge in [-0.3, -0.25) is 9.59 Å². The SMILES string of the molecule is O=C1CCc2cc(C(=O)NCC3COc4ccccc4O3)ccc2N1. The standard InChI is InChI=1S/C19H18N2O4/c22-18-8-6-12-9-13(5-7-15(12)21-18)19(23)20-10-14-11-24-16-3-1-2-4-17(16)25-14/h1-5,7,9,14H,6,8,10-11H2,(H,20,23)(H,21,22). The summed E-state index contributed by atoms with van der Waals surface area (Å²) >= 11 is 0. The molecule has 0 radical (unpaired) electrons. The summed E-state index contributed by atoms with van der Waals surface area (Å²) in [7, 11) is 0. The average molecular weight is 338 g/mol. The van der Waals surface area contributed by atoms with Gasteiger partial charge >= 0.3 is 0 Å². The van der Waals surface area contributed by atoms with Gasteiger partial charge in [0.2, 0.25) is 5.91 Å². The van der Waals surface area contributed by atoms with Crippen LogP contribution in [0.1, 0.15) is 22.3 Å². The number of anilines is 1. The fourth-order valence-corrected chi connectivity index (χ4v) is 3.00. The first kappa shape index (κ1) is 15.5. The quantitative estimate of drug-likeness (QED) is 0.899. The fourth-order valence-electron chi connectivity index (χ4n) is 3.00. The van der Waals surface area contributed by atoms with Gasteiger partial charge in [-0.25, -0.2) is 0 Å². The van der Waals surface area contributed by atoms with Gasteiger partial charge in [0, 0.05) is 17.7 Å². The van der Waals surface area contributed by atoms with Crippen LogP contribution in [0, 0.1) is 0 Å². The summed E-state index contributed by atoms with van der Waals surface area (Å²) in [6.45, 7) is 0.758. The largest absolute Gasteiger partial charge is 0.486 e. The summed E-state index contributed by atoms with van der Waals surface area (Å²) in [4.78, 5) is 23.8. The van der Waals surface area contributed by atoms with Crippen LogP contribution >= 0.6 is 0 Å². The first-order valence-electron chi connectivity index (χ1n) is 8.28. The van der Waals surface area contributed by atoms with E-state index in [1.807, 2.05) is 30.3 Å². The van der Waals surface area contributed by atoms with Crippen LogP contribution in [0.5, 0.6) is 11.5 Å². The molecule has 2 amide bonds. The maximum atomic E-state index is 12.4. The molecule has 2 aliphatic heterocycles. The number of aryl methyl sites for hydroxylation is 1. The number of carbonyl (C=O) groups excluding carboxylic acids is 2. The van der Waals surface area contributed by atoms with E-state index in [1.165, 1.54) is 0 Å². The van der Waals surface area contributed by atoms with Gasteiger partial charge in [-0.05, 0) is 42.3 Å². The molecule has 4 rings (SSSR count). The highest BCUT2D eigenvalue weighted by Crippen LogP contribution is 2.30. The Morgan fingerprint density at radius 3 is 2.88 bits per heavy atom. The van der Waals surface area contributed by atoms with Crippen LogP contribution in [0.4, 0.5) is 5.69 Å². The summed E-state index contributed by atoms with van der Waals surface area (Å²) in [6.07, 6.45) is 0.874. The molecule has 2 N–H and O–H groups in total. The Balaban J connectivity index is 1.38. The van der Waals surface area contributed by atoms with E-state index in [9.17, 15) is 9.59 Å². The maximum Gasteiger partial charge on any atom is 0.251 e. The van der Waals surface area contributed by atoms with Gasteiger partial charge in [0.05, 0.1) is 6.54 Å². The smallest absolute Gasteiger partial charge is 0.251 e. The van der Waals surface area contributed by atoms with E-state index in [0.29, 0.717) is 37.3 Å². The lowest BCUT2D eigenvalue weighted by atomic mass is 10.00. The van der Waals surface area contributed by atoms with E-state index in [1.54, 1.807) is 12.1 Å². The van der Waals surface area contributed by atoms with Gasteiger partial charge in [-0.1, -0.05) is 12.1 Å². The number of amides is 2. The van der Waals surface area contributed by atoms with Crippen molar-refractivity contribution in [3.8, 4) is 11.5 Å². The van der Waals surface area contributed by atoms with Crippen LogP contribution < -0.4 is 20.1 Å². The van der Waals surface area contributed by atoms with Gasteiger partial charge in [0.25, 0.3) is 5.91 Å². The number of hydrogen-bond donors (Lipinski definition) is 2. The first-order chi connectivity index (χ1) is 12.2. The van der Waals surface area contributed by atoms with Crippen molar-refractivity contribution in [3.05, 3.63) is 53.6 Å². The molecule has 0 saturated carbocycles. The molecule has 2 aromatic carbocycles. The van der Waals surface area contributed by atoms with E-state index < -0.39 is 0 Å². The van der Waals surface area contributed by atoms with Crippen molar-refractivity contribution in [2.45, 2.75) is 18.9 Å². The highest BCUT2D eigenvalue weighted by molar-refractivity contribution is 5.97. The summed E-state index contributed by atoms with van der Waals surface area (Å²) in [5.74, 6) is 1.26. The number of carbonyl (C=O) groups is 2. The lowest BCUT2D eigenvalue weighted by Gasteiger charge is -2.26. The highest BCUT2D eigenvalue weighted by Gasteiger charge is 2.22. The fraction of sp³-hybridized carbons (Fsp3) is 0.263. The Bertz CT molecular complexity index is 834. The number of benzene rings is 2.